The Bertz CT molecular complexity index is 280. The first-order valence-corrected chi connectivity index (χ1v) is 5.61. The maximum Gasteiger partial charge on any atom is 0.253 e. The second-order valence-electron chi connectivity index (χ2n) is 4.93. The zero-order valence-electron chi connectivity index (χ0n) is 10.4. The maximum atomic E-state index is 11.6. The van der Waals surface area contributed by atoms with Gasteiger partial charge in [0.1, 0.15) is 0 Å². The smallest absolute Gasteiger partial charge is 0.253 e. The molecule has 0 bridgehead atoms. The molecular weight excluding hydrogens is 204 g/mol. The Hall–Kier alpha value is -1.16. The van der Waals surface area contributed by atoms with Crippen molar-refractivity contribution in [1.29, 1.82) is 0 Å². The first-order valence-electron chi connectivity index (χ1n) is 5.61. The first-order chi connectivity index (χ1) is 7.41. The highest BCUT2D eigenvalue weighted by Crippen LogP contribution is 2.16. The van der Waals surface area contributed by atoms with Gasteiger partial charge in [-0.05, 0) is 26.4 Å². The predicted octanol–water partition coefficient (Wildman–Crippen LogP) is 0.888. The van der Waals surface area contributed by atoms with E-state index in [-0.39, 0.29) is 17.9 Å². The Morgan fingerprint density at radius 2 is 1.69 bits per heavy atom. The standard InChI is InChI=1S/C12H20N2O2/c1-9(2)7-10(8-13(3)4)14-11(15)5-6-12(14)16/h5-6,9-10H,7-8H2,1-4H3. The number of nitrogens with zero attached hydrogens (tertiary/aromatic N) is 2. The van der Waals surface area contributed by atoms with Crippen molar-refractivity contribution in [2.45, 2.75) is 26.3 Å². The number of carbonyl (C=O) groups excluding carboxylic acids is 2. The van der Waals surface area contributed by atoms with Crippen molar-refractivity contribution >= 4 is 11.8 Å². The third-order valence-electron chi connectivity index (χ3n) is 2.53. The zero-order valence-corrected chi connectivity index (χ0v) is 10.4. The minimum Gasteiger partial charge on any atom is -0.307 e. The summed E-state index contributed by atoms with van der Waals surface area (Å²) >= 11 is 0. The predicted molar refractivity (Wildman–Crippen MR) is 62.8 cm³/mol. The summed E-state index contributed by atoms with van der Waals surface area (Å²) in [7, 11) is 3.90. The van der Waals surface area contributed by atoms with Crippen LogP contribution in [0.5, 0.6) is 0 Å². The number of imide groups is 1. The Morgan fingerprint density at radius 3 is 2.06 bits per heavy atom. The molecule has 2 amide bonds. The van der Waals surface area contributed by atoms with Gasteiger partial charge in [0, 0.05) is 18.7 Å². The van der Waals surface area contributed by atoms with Gasteiger partial charge in [-0.15, -0.1) is 0 Å². The summed E-state index contributed by atoms with van der Waals surface area (Å²) in [4.78, 5) is 26.6. The monoisotopic (exact) mass is 224 g/mol. The molecule has 1 aliphatic heterocycles. The lowest BCUT2D eigenvalue weighted by atomic mass is 10.0. The zero-order chi connectivity index (χ0) is 12.3. The fourth-order valence-electron chi connectivity index (χ4n) is 2.00. The van der Waals surface area contributed by atoms with E-state index >= 15 is 0 Å². The summed E-state index contributed by atoms with van der Waals surface area (Å²) in [5.41, 5.74) is 0. The van der Waals surface area contributed by atoms with Crippen molar-refractivity contribution < 1.29 is 9.59 Å². The molecule has 0 fully saturated rings. The summed E-state index contributed by atoms with van der Waals surface area (Å²) in [5, 5.41) is 0. The van der Waals surface area contributed by atoms with Crippen LogP contribution < -0.4 is 0 Å². The van der Waals surface area contributed by atoms with Crippen molar-refractivity contribution in [2.75, 3.05) is 20.6 Å². The fraction of sp³-hybridized carbons (Fsp3) is 0.667. The lowest BCUT2D eigenvalue weighted by molar-refractivity contribution is -0.140. The molecule has 0 N–H and O–H groups in total. The van der Waals surface area contributed by atoms with Gasteiger partial charge in [-0.2, -0.15) is 0 Å². The van der Waals surface area contributed by atoms with Crippen molar-refractivity contribution in [1.82, 2.24) is 9.80 Å². The molecule has 1 heterocycles. The lowest BCUT2D eigenvalue weighted by Gasteiger charge is -2.29. The molecule has 1 unspecified atom stereocenters. The van der Waals surface area contributed by atoms with Crippen LogP contribution in [0.1, 0.15) is 20.3 Å². The quantitative estimate of drug-likeness (QED) is 0.651. The molecule has 1 aliphatic rings. The topological polar surface area (TPSA) is 40.6 Å². The van der Waals surface area contributed by atoms with Crippen molar-refractivity contribution in [3.05, 3.63) is 12.2 Å². The second kappa shape index (κ2) is 5.25. The molecule has 0 aromatic heterocycles. The van der Waals surface area contributed by atoms with E-state index in [1.165, 1.54) is 17.1 Å². The highest BCUT2D eigenvalue weighted by molar-refractivity contribution is 6.13. The molecule has 4 nitrogen and oxygen atoms in total. The van der Waals surface area contributed by atoms with Gasteiger partial charge in [-0.25, -0.2) is 0 Å². The van der Waals surface area contributed by atoms with Crippen LogP contribution in [0.3, 0.4) is 0 Å². The van der Waals surface area contributed by atoms with Crippen molar-refractivity contribution in [2.24, 2.45) is 5.92 Å². The Morgan fingerprint density at radius 1 is 1.19 bits per heavy atom. The number of likely N-dealkylation sites (N-methyl/N-ethyl adjacent to an activating group) is 1. The van der Waals surface area contributed by atoms with Crippen LogP contribution in [-0.2, 0) is 9.59 Å². The number of carbonyl (C=O) groups is 2. The van der Waals surface area contributed by atoms with Gasteiger partial charge in [-0.1, -0.05) is 13.8 Å². The number of hydrogen-bond acceptors (Lipinski definition) is 3. The minimum absolute atomic E-state index is 0.0231. The van der Waals surface area contributed by atoms with Crippen molar-refractivity contribution in [3.63, 3.8) is 0 Å². The van der Waals surface area contributed by atoms with Crippen LogP contribution in [-0.4, -0.2) is 48.3 Å². The number of rotatable bonds is 5. The van der Waals surface area contributed by atoms with Crippen molar-refractivity contribution in [3.8, 4) is 0 Å². The van der Waals surface area contributed by atoms with Crippen LogP contribution in [0.2, 0.25) is 0 Å². The Labute approximate surface area is 96.9 Å². The van der Waals surface area contributed by atoms with E-state index in [1.54, 1.807) is 0 Å². The van der Waals surface area contributed by atoms with Gasteiger partial charge < -0.3 is 4.90 Å². The SMILES string of the molecule is CC(C)CC(CN(C)C)N1C(=O)C=CC1=O. The average Bonchev–Trinajstić information content (AvgIpc) is 2.43. The van der Waals surface area contributed by atoms with E-state index in [1.807, 2.05) is 19.0 Å². The van der Waals surface area contributed by atoms with Crippen LogP contribution in [0, 0.1) is 5.92 Å². The molecular formula is C12H20N2O2. The largest absolute Gasteiger partial charge is 0.307 e. The average molecular weight is 224 g/mol. The highest BCUT2D eigenvalue weighted by Gasteiger charge is 2.31. The van der Waals surface area contributed by atoms with Gasteiger partial charge in [0.2, 0.25) is 0 Å². The van der Waals surface area contributed by atoms with Gasteiger partial charge in [-0.3, -0.25) is 14.5 Å². The Balaban J connectivity index is 2.75. The van der Waals surface area contributed by atoms with E-state index < -0.39 is 0 Å². The molecule has 1 atom stereocenters. The number of hydrogen-bond donors (Lipinski definition) is 0. The normalized spacial score (nSPS) is 18.0. The van der Waals surface area contributed by atoms with E-state index in [9.17, 15) is 9.59 Å². The summed E-state index contributed by atoms with van der Waals surface area (Å²) in [6.07, 6.45) is 3.55. The summed E-state index contributed by atoms with van der Waals surface area (Å²) in [6.45, 7) is 4.92. The molecule has 0 saturated heterocycles. The third kappa shape index (κ3) is 3.17. The van der Waals surface area contributed by atoms with Gasteiger partial charge in [0.25, 0.3) is 11.8 Å². The summed E-state index contributed by atoms with van der Waals surface area (Å²) in [6, 6.07) is -0.0231. The van der Waals surface area contributed by atoms with Gasteiger partial charge in [0.15, 0.2) is 0 Å². The molecule has 0 saturated carbocycles. The van der Waals surface area contributed by atoms with Crippen LogP contribution in [0.25, 0.3) is 0 Å². The fourth-order valence-corrected chi connectivity index (χ4v) is 2.00. The van der Waals surface area contributed by atoms with Crippen LogP contribution in [0.15, 0.2) is 12.2 Å². The first kappa shape index (κ1) is 12.9. The molecule has 16 heavy (non-hydrogen) atoms. The minimum atomic E-state index is -0.183. The molecule has 0 radical (unpaired) electrons. The van der Waals surface area contributed by atoms with E-state index in [4.69, 9.17) is 0 Å². The summed E-state index contributed by atoms with van der Waals surface area (Å²) in [5.74, 6) is 0.0983. The van der Waals surface area contributed by atoms with E-state index in [2.05, 4.69) is 13.8 Å². The van der Waals surface area contributed by atoms with Gasteiger partial charge >= 0.3 is 0 Å². The molecule has 0 aliphatic carbocycles. The molecule has 0 aromatic rings. The molecule has 1 rings (SSSR count). The molecule has 90 valence electrons. The highest BCUT2D eigenvalue weighted by atomic mass is 16.2. The van der Waals surface area contributed by atoms with Crippen LogP contribution >= 0.6 is 0 Å². The molecule has 0 aromatic carbocycles. The van der Waals surface area contributed by atoms with E-state index in [0.29, 0.717) is 5.92 Å². The molecule has 4 heteroatoms. The van der Waals surface area contributed by atoms with E-state index in [0.717, 1.165) is 13.0 Å². The molecule has 0 spiro atoms. The Kier molecular flexibility index (Phi) is 4.24. The summed E-state index contributed by atoms with van der Waals surface area (Å²) < 4.78 is 0. The second-order valence-corrected chi connectivity index (χ2v) is 4.93. The maximum absolute atomic E-state index is 11.6. The van der Waals surface area contributed by atoms with Gasteiger partial charge in [0.05, 0.1) is 6.04 Å². The number of amides is 2. The lowest BCUT2D eigenvalue weighted by Crippen LogP contribution is -2.46. The third-order valence-corrected chi connectivity index (χ3v) is 2.53. The van der Waals surface area contributed by atoms with Crippen LogP contribution in [0.4, 0.5) is 0 Å².